The summed E-state index contributed by atoms with van der Waals surface area (Å²) in [6.45, 7) is 2.36. The van der Waals surface area contributed by atoms with Gasteiger partial charge < -0.3 is 15.7 Å². The number of carboxylic acid groups (broad SMARTS) is 1. The Bertz CT molecular complexity index is 461. The van der Waals surface area contributed by atoms with Crippen molar-refractivity contribution in [1.82, 2.24) is 10.6 Å². The zero-order valence-electron chi connectivity index (χ0n) is 11.5. The van der Waals surface area contributed by atoms with Crippen LogP contribution < -0.4 is 10.6 Å². The molecule has 1 aliphatic rings. The first-order valence-electron chi connectivity index (χ1n) is 6.88. The summed E-state index contributed by atoms with van der Waals surface area (Å²) in [5.74, 6) is -1.01. The molecule has 0 spiro atoms. The van der Waals surface area contributed by atoms with E-state index in [9.17, 15) is 9.59 Å². The molecule has 1 fully saturated rings. The van der Waals surface area contributed by atoms with Crippen molar-refractivity contribution in [1.29, 1.82) is 0 Å². The van der Waals surface area contributed by atoms with Crippen molar-refractivity contribution in [3.8, 4) is 0 Å². The molecule has 0 bridgehead atoms. The second kappa shape index (κ2) is 6.74. The monoisotopic (exact) mass is 296 g/mol. The van der Waals surface area contributed by atoms with E-state index in [0.29, 0.717) is 6.54 Å². The lowest BCUT2D eigenvalue weighted by Gasteiger charge is -2.18. The molecule has 0 radical (unpaired) electrons. The third kappa shape index (κ3) is 3.72. The number of hydrogen-bond donors (Lipinski definition) is 3. The van der Waals surface area contributed by atoms with Crippen LogP contribution in [0.4, 0.5) is 4.79 Å². The second-order valence-corrected chi connectivity index (χ2v) is 6.21. The quantitative estimate of drug-likeness (QED) is 0.781. The average Bonchev–Trinajstić information content (AvgIpc) is 3.07. The van der Waals surface area contributed by atoms with Crippen molar-refractivity contribution in [2.75, 3.05) is 6.54 Å². The van der Waals surface area contributed by atoms with Gasteiger partial charge in [0.15, 0.2) is 0 Å². The highest BCUT2D eigenvalue weighted by atomic mass is 32.1. The molecular formula is C14H20N2O3S. The van der Waals surface area contributed by atoms with Crippen LogP contribution in [-0.2, 0) is 4.79 Å². The summed E-state index contributed by atoms with van der Waals surface area (Å²) in [6, 6.07) is 3.66. The van der Waals surface area contributed by atoms with Gasteiger partial charge in [-0.15, -0.1) is 11.3 Å². The molecule has 0 aliphatic heterocycles. The third-order valence-electron chi connectivity index (χ3n) is 3.82. The molecule has 2 rings (SSSR count). The van der Waals surface area contributed by atoms with Gasteiger partial charge in [0.1, 0.15) is 0 Å². The molecule has 110 valence electrons. The molecule has 5 nitrogen and oxygen atoms in total. The SMILES string of the molecule is CC(NC(=O)NCC1CCCC1C(=O)O)c1cccs1. The van der Waals surface area contributed by atoms with Gasteiger partial charge in [0.25, 0.3) is 0 Å². The zero-order valence-corrected chi connectivity index (χ0v) is 12.3. The van der Waals surface area contributed by atoms with Crippen LogP contribution in [0.3, 0.4) is 0 Å². The van der Waals surface area contributed by atoms with Gasteiger partial charge in [-0.25, -0.2) is 4.79 Å². The highest BCUT2D eigenvalue weighted by Crippen LogP contribution is 2.31. The summed E-state index contributed by atoms with van der Waals surface area (Å²) in [4.78, 5) is 24.0. The highest BCUT2D eigenvalue weighted by Gasteiger charge is 2.32. The van der Waals surface area contributed by atoms with Crippen LogP contribution in [0.15, 0.2) is 17.5 Å². The van der Waals surface area contributed by atoms with Gasteiger partial charge in [0.2, 0.25) is 0 Å². The Morgan fingerprint density at radius 3 is 2.95 bits per heavy atom. The predicted octanol–water partition coefficient (Wildman–Crippen LogP) is 2.61. The third-order valence-corrected chi connectivity index (χ3v) is 4.87. The lowest BCUT2D eigenvalue weighted by molar-refractivity contribution is -0.142. The fourth-order valence-electron chi connectivity index (χ4n) is 2.69. The molecule has 6 heteroatoms. The van der Waals surface area contributed by atoms with Crippen LogP contribution in [-0.4, -0.2) is 23.7 Å². The molecule has 3 atom stereocenters. The van der Waals surface area contributed by atoms with Crippen molar-refractivity contribution in [2.24, 2.45) is 11.8 Å². The van der Waals surface area contributed by atoms with Crippen molar-refractivity contribution in [2.45, 2.75) is 32.2 Å². The molecule has 20 heavy (non-hydrogen) atoms. The first-order valence-corrected chi connectivity index (χ1v) is 7.76. The molecule has 0 aromatic carbocycles. The largest absolute Gasteiger partial charge is 0.481 e. The summed E-state index contributed by atoms with van der Waals surface area (Å²) >= 11 is 1.60. The van der Waals surface area contributed by atoms with Crippen LogP contribution in [0.5, 0.6) is 0 Å². The van der Waals surface area contributed by atoms with Gasteiger partial charge in [-0.05, 0) is 37.1 Å². The normalized spacial score (nSPS) is 23.2. The first-order chi connectivity index (χ1) is 9.58. The summed E-state index contributed by atoms with van der Waals surface area (Å²) in [5, 5.41) is 16.7. The number of carboxylic acids is 1. The fraction of sp³-hybridized carbons (Fsp3) is 0.571. The maximum Gasteiger partial charge on any atom is 0.315 e. The van der Waals surface area contributed by atoms with Gasteiger partial charge in [-0.1, -0.05) is 12.5 Å². The van der Waals surface area contributed by atoms with E-state index < -0.39 is 5.97 Å². The van der Waals surface area contributed by atoms with Gasteiger partial charge in [0.05, 0.1) is 12.0 Å². The number of hydrogen-bond acceptors (Lipinski definition) is 3. The number of rotatable bonds is 5. The molecule has 0 saturated heterocycles. The number of urea groups is 1. The first kappa shape index (κ1) is 14.8. The van der Waals surface area contributed by atoms with E-state index in [4.69, 9.17) is 5.11 Å². The smallest absolute Gasteiger partial charge is 0.315 e. The molecule has 1 heterocycles. The molecule has 1 aliphatic carbocycles. The Morgan fingerprint density at radius 1 is 1.50 bits per heavy atom. The lowest BCUT2D eigenvalue weighted by atomic mass is 9.96. The molecule has 1 saturated carbocycles. The predicted molar refractivity (Wildman–Crippen MR) is 77.7 cm³/mol. The van der Waals surface area contributed by atoms with Gasteiger partial charge in [0, 0.05) is 11.4 Å². The maximum atomic E-state index is 11.8. The summed E-state index contributed by atoms with van der Waals surface area (Å²) in [7, 11) is 0. The van der Waals surface area contributed by atoms with Gasteiger partial charge in [-0.2, -0.15) is 0 Å². The molecule has 1 aromatic heterocycles. The summed E-state index contributed by atoms with van der Waals surface area (Å²) in [6.07, 6.45) is 2.52. The number of carbonyl (C=O) groups is 2. The van der Waals surface area contributed by atoms with Crippen molar-refractivity contribution in [3.05, 3.63) is 22.4 Å². The Labute approximate surface area is 122 Å². The van der Waals surface area contributed by atoms with E-state index in [1.54, 1.807) is 11.3 Å². The van der Waals surface area contributed by atoms with Crippen molar-refractivity contribution in [3.63, 3.8) is 0 Å². The van der Waals surface area contributed by atoms with Crippen LogP contribution in [0.1, 0.15) is 37.1 Å². The summed E-state index contributed by atoms with van der Waals surface area (Å²) < 4.78 is 0. The number of aliphatic carboxylic acids is 1. The Kier molecular flexibility index (Phi) is 5.00. The number of nitrogens with one attached hydrogen (secondary N) is 2. The lowest BCUT2D eigenvalue weighted by Crippen LogP contribution is -2.40. The van der Waals surface area contributed by atoms with E-state index in [0.717, 1.165) is 24.1 Å². The molecular weight excluding hydrogens is 276 g/mol. The Hall–Kier alpha value is -1.56. The van der Waals surface area contributed by atoms with Crippen LogP contribution >= 0.6 is 11.3 Å². The number of carbonyl (C=O) groups excluding carboxylic acids is 1. The minimum Gasteiger partial charge on any atom is -0.481 e. The van der Waals surface area contributed by atoms with Crippen LogP contribution in [0, 0.1) is 11.8 Å². The van der Waals surface area contributed by atoms with Crippen LogP contribution in [0.25, 0.3) is 0 Å². The number of thiophene rings is 1. The van der Waals surface area contributed by atoms with E-state index in [1.165, 1.54) is 0 Å². The minimum atomic E-state index is -0.748. The molecule has 3 unspecified atom stereocenters. The fourth-order valence-corrected chi connectivity index (χ4v) is 3.42. The molecule has 3 N–H and O–H groups in total. The topological polar surface area (TPSA) is 78.4 Å². The van der Waals surface area contributed by atoms with E-state index in [2.05, 4.69) is 10.6 Å². The van der Waals surface area contributed by atoms with Crippen molar-refractivity contribution < 1.29 is 14.7 Å². The summed E-state index contributed by atoms with van der Waals surface area (Å²) in [5.41, 5.74) is 0. The number of amides is 2. The standard InChI is InChI=1S/C14H20N2O3S/c1-9(12-6-3-7-20-12)16-14(19)15-8-10-4-2-5-11(10)13(17)18/h3,6-7,9-11H,2,4-5,8H2,1H3,(H,17,18)(H2,15,16,19). The second-order valence-electron chi connectivity index (χ2n) is 5.23. The van der Waals surface area contributed by atoms with Crippen molar-refractivity contribution >= 4 is 23.3 Å². The van der Waals surface area contributed by atoms with Gasteiger partial charge in [-0.3, -0.25) is 4.79 Å². The molecule has 2 amide bonds. The minimum absolute atomic E-state index is 0.0335. The van der Waals surface area contributed by atoms with E-state index >= 15 is 0 Å². The highest BCUT2D eigenvalue weighted by molar-refractivity contribution is 7.10. The van der Waals surface area contributed by atoms with Gasteiger partial charge >= 0.3 is 12.0 Å². The Balaban J connectivity index is 1.76. The Morgan fingerprint density at radius 2 is 2.30 bits per heavy atom. The maximum absolute atomic E-state index is 11.8. The zero-order chi connectivity index (χ0) is 14.5. The molecule has 1 aromatic rings. The average molecular weight is 296 g/mol. The van der Waals surface area contributed by atoms with Crippen LogP contribution in [0.2, 0.25) is 0 Å². The van der Waals surface area contributed by atoms with E-state index in [-0.39, 0.29) is 23.9 Å². The van der Waals surface area contributed by atoms with E-state index in [1.807, 2.05) is 24.4 Å².